The van der Waals surface area contributed by atoms with E-state index in [9.17, 15) is 15.3 Å². The minimum Gasteiger partial charge on any atom is -0.508 e. The molecule has 3 N–H and O–H groups in total. The number of hydrogen-bond acceptors (Lipinski definition) is 5. The van der Waals surface area contributed by atoms with Crippen molar-refractivity contribution >= 4 is 17.1 Å². The Hall–Kier alpha value is -4.12. The van der Waals surface area contributed by atoms with Crippen molar-refractivity contribution < 1.29 is 20.1 Å². The Balaban J connectivity index is 1.75. The Morgan fingerprint density at radius 1 is 0.576 bits per heavy atom. The third-order valence-corrected chi connectivity index (χ3v) is 5.54. The molecule has 0 saturated heterocycles. The lowest BCUT2D eigenvalue weighted by molar-refractivity contribution is 0.447. The van der Waals surface area contributed by atoms with Crippen molar-refractivity contribution in [1.82, 2.24) is 0 Å². The van der Waals surface area contributed by atoms with Crippen LogP contribution < -0.4 is 9.64 Å². The molecule has 0 saturated carbocycles. The van der Waals surface area contributed by atoms with Crippen LogP contribution in [0.2, 0.25) is 0 Å². The lowest BCUT2D eigenvalue weighted by Crippen LogP contribution is -2.10. The van der Waals surface area contributed by atoms with Crippen LogP contribution in [-0.2, 0) is 0 Å². The van der Waals surface area contributed by atoms with Gasteiger partial charge in [0.1, 0.15) is 28.7 Å². The molecule has 4 aromatic carbocycles. The van der Waals surface area contributed by atoms with Gasteiger partial charge in [0.25, 0.3) is 0 Å². The number of phenolic OH excluding ortho intramolecular Hbond substituents is 3. The fraction of sp³-hybridized carbons (Fsp3) is 0.143. The van der Waals surface area contributed by atoms with Crippen LogP contribution in [0, 0.1) is 27.7 Å². The highest BCUT2D eigenvalue weighted by Crippen LogP contribution is 2.44. The number of ether oxygens (including phenoxy) is 1. The van der Waals surface area contributed by atoms with Gasteiger partial charge in [0, 0.05) is 11.3 Å². The monoisotopic (exact) mass is 441 g/mol. The molecule has 0 atom stereocenters. The largest absolute Gasteiger partial charge is 0.508 e. The van der Waals surface area contributed by atoms with E-state index in [1.807, 2.05) is 75.4 Å². The van der Waals surface area contributed by atoms with Gasteiger partial charge in [0.2, 0.25) is 0 Å². The zero-order chi connectivity index (χ0) is 23.7. The lowest BCUT2D eigenvalue weighted by atomic mass is 10.1. The van der Waals surface area contributed by atoms with Crippen LogP contribution in [-0.4, -0.2) is 15.3 Å². The number of anilines is 3. The van der Waals surface area contributed by atoms with Crippen LogP contribution in [0.4, 0.5) is 17.1 Å². The normalized spacial score (nSPS) is 10.8. The van der Waals surface area contributed by atoms with Gasteiger partial charge in [0.15, 0.2) is 0 Å². The number of nitrogens with zero attached hydrogens (tertiary/aromatic N) is 1. The van der Waals surface area contributed by atoms with Crippen LogP contribution in [0.15, 0.2) is 72.8 Å². The molecule has 0 radical (unpaired) electrons. The van der Waals surface area contributed by atoms with Crippen LogP contribution in [0.25, 0.3) is 0 Å². The molecule has 0 spiro atoms. The van der Waals surface area contributed by atoms with Gasteiger partial charge < -0.3 is 25.0 Å². The highest BCUT2D eigenvalue weighted by Gasteiger charge is 2.19. The Morgan fingerprint density at radius 2 is 1.09 bits per heavy atom. The van der Waals surface area contributed by atoms with Crippen molar-refractivity contribution in [2.45, 2.75) is 27.7 Å². The van der Waals surface area contributed by atoms with Gasteiger partial charge in [-0.05, 0) is 105 Å². The highest BCUT2D eigenvalue weighted by atomic mass is 16.5. The van der Waals surface area contributed by atoms with Gasteiger partial charge in [-0.15, -0.1) is 0 Å². The number of aryl methyl sites for hydroxylation is 3. The first-order valence-electron chi connectivity index (χ1n) is 10.7. The fourth-order valence-corrected chi connectivity index (χ4v) is 3.76. The standard InChI is InChI=1S/C28H27NO4/c1-17-5-11-23(26(31)13-17)29(24-12-6-18(2)14-27(24)32)21-7-9-22(10-8-21)33-28-16-19(3)15-25(30)20(28)4/h5-16,30-32H,1-4H3. The molecule has 0 aromatic heterocycles. The minimum absolute atomic E-state index is 0.112. The first-order chi connectivity index (χ1) is 15.7. The molecule has 4 rings (SSSR count). The minimum atomic E-state index is 0.112. The first kappa shape index (κ1) is 22.1. The van der Waals surface area contributed by atoms with Crippen LogP contribution in [0.5, 0.6) is 28.7 Å². The SMILES string of the molecule is Cc1ccc(N(c2ccc(Oc3cc(C)cc(O)c3C)cc2)c2ccc(C)cc2O)c(O)c1. The molecule has 0 aliphatic rings. The summed E-state index contributed by atoms with van der Waals surface area (Å²) in [7, 11) is 0. The predicted molar refractivity (Wildman–Crippen MR) is 132 cm³/mol. The second-order valence-electron chi connectivity index (χ2n) is 8.32. The van der Waals surface area contributed by atoms with Gasteiger partial charge in [0.05, 0.1) is 11.4 Å². The summed E-state index contributed by atoms with van der Waals surface area (Å²) in [6.07, 6.45) is 0. The zero-order valence-corrected chi connectivity index (χ0v) is 19.1. The third-order valence-electron chi connectivity index (χ3n) is 5.54. The summed E-state index contributed by atoms with van der Waals surface area (Å²) in [5.41, 5.74) is 5.28. The number of hydrogen-bond donors (Lipinski definition) is 3. The molecule has 0 heterocycles. The van der Waals surface area contributed by atoms with Crippen molar-refractivity contribution in [3.8, 4) is 28.7 Å². The molecular formula is C28H27NO4. The van der Waals surface area contributed by atoms with E-state index in [2.05, 4.69) is 0 Å². The van der Waals surface area contributed by atoms with Gasteiger partial charge in [-0.1, -0.05) is 12.1 Å². The number of benzene rings is 4. The zero-order valence-electron chi connectivity index (χ0n) is 19.1. The van der Waals surface area contributed by atoms with E-state index in [4.69, 9.17) is 4.74 Å². The summed E-state index contributed by atoms with van der Waals surface area (Å²) in [6, 6.07) is 21.8. The van der Waals surface area contributed by atoms with Gasteiger partial charge >= 0.3 is 0 Å². The average molecular weight is 442 g/mol. The molecule has 168 valence electrons. The van der Waals surface area contributed by atoms with Crippen molar-refractivity contribution in [3.63, 3.8) is 0 Å². The molecule has 5 heteroatoms. The predicted octanol–water partition coefficient (Wildman–Crippen LogP) is 7.30. The number of aromatic hydroxyl groups is 3. The summed E-state index contributed by atoms with van der Waals surface area (Å²) in [6.45, 7) is 7.53. The summed E-state index contributed by atoms with van der Waals surface area (Å²) in [5.74, 6) is 1.61. The maximum Gasteiger partial charge on any atom is 0.139 e. The molecule has 0 aliphatic carbocycles. The lowest BCUT2D eigenvalue weighted by Gasteiger charge is -2.27. The number of rotatable bonds is 5. The Bertz CT molecular complexity index is 1260. The topological polar surface area (TPSA) is 73.2 Å². The van der Waals surface area contributed by atoms with E-state index in [0.29, 0.717) is 28.4 Å². The summed E-state index contributed by atoms with van der Waals surface area (Å²) in [5, 5.41) is 31.5. The van der Waals surface area contributed by atoms with E-state index in [-0.39, 0.29) is 17.2 Å². The van der Waals surface area contributed by atoms with Gasteiger partial charge in [-0.2, -0.15) is 0 Å². The average Bonchev–Trinajstić information content (AvgIpc) is 2.75. The summed E-state index contributed by atoms with van der Waals surface area (Å²) in [4.78, 5) is 1.80. The van der Waals surface area contributed by atoms with Gasteiger partial charge in [-0.25, -0.2) is 0 Å². The molecule has 0 amide bonds. The van der Waals surface area contributed by atoms with E-state index in [1.54, 1.807) is 30.0 Å². The van der Waals surface area contributed by atoms with E-state index in [0.717, 1.165) is 22.4 Å². The van der Waals surface area contributed by atoms with Crippen LogP contribution in [0.1, 0.15) is 22.3 Å². The third kappa shape index (κ3) is 4.58. The van der Waals surface area contributed by atoms with E-state index < -0.39 is 0 Å². The smallest absolute Gasteiger partial charge is 0.139 e. The van der Waals surface area contributed by atoms with Crippen molar-refractivity contribution in [1.29, 1.82) is 0 Å². The van der Waals surface area contributed by atoms with Crippen LogP contribution >= 0.6 is 0 Å². The molecule has 0 aliphatic heterocycles. The molecule has 0 unspecified atom stereocenters. The van der Waals surface area contributed by atoms with Crippen LogP contribution in [0.3, 0.4) is 0 Å². The van der Waals surface area contributed by atoms with Crippen molar-refractivity contribution in [2.24, 2.45) is 0 Å². The van der Waals surface area contributed by atoms with Crippen molar-refractivity contribution in [2.75, 3.05) is 4.90 Å². The Labute approximate surface area is 193 Å². The maximum absolute atomic E-state index is 10.7. The molecule has 5 nitrogen and oxygen atoms in total. The Morgan fingerprint density at radius 3 is 1.61 bits per heavy atom. The second-order valence-corrected chi connectivity index (χ2v) is 8.32. The summed E-state index contributed by atoms with van der Waals surface area (Å²) >= 11 is 0. The molecule has 33 heavy (non-hydrogen) atoms. The number of phenols is 3. The summed E-state index contributed by atoms with van der Waals surface area (Å²) < 4.78 is 6.02. The molecule has 0 bridgehead atoms. The van der Waals surface area contributed by atoms with E-state index in [1.165, 1.54) is 0 Å². The molecular weight excluding hydrogens is 414 g/mol. The molecule has 0 fully saturated rings. The first-order valence-corrected chi connectivity index (χ1v) is 10.7. The maximum atomic E-state index is 10.7. The van der Waals surface area contributed by atoms with E-state index >= 15 is 0 Å². The molecule has 4 aromatic rings. The second kappa shape index (κ2) is 8.79. The van der Waals surface area contributed by atoms with Crippen molar-refractivity contribution in [3.05, 3.63) is 95.1 Å². The quantitative estimate of drug-likeness (QED) is 0.303. The highest BCUT2D eigenvalue weighted by molar-refractivity contribution is 5.83. The fourth-order valence-electron chi connectivity index (χ4n) is 3.76. The Kier molecular flexibility index (Phi) is 5.88. The van der Waals surface area contributed by atoms with Gasteiger partial charge in [-0.3, -0.25) is 0 Å².